The highest BCUT2D eigenvalue weighted by Gasteiger charge is 2.35. The van der Waals surface area contributed by atoms with E-state index in [1.165, 1.54) is 0 Å². The monoisotopic (exact) mass is 293 g/mol. The van der Waals surface area contributed by atoms with Crippen LogP contribution in [-0.2, 0) is 0 Å². The Bertz CT molecular complexity index is 586. The van der Waals surface area contributed by atoms with Crippen LogP contribution in [0.15, 0.2) is 4.79 Å². The molecule has 1 amide bonds. The molecular formula is C15H23N3O3. The van der Waals surface area contributed by atoms with Crippen molar-refractivity contribution in [2.75, 3.05) is 6.61 Å². The highest BCUT2D eigenvalue weighted by molar-refractivity contribution is 5.95. The fraction of sp³-hybridized carbons (Fsp3) is 0.667. The molecule has 0 saturated heterocycles. The minimum absolute atomic E-state index is 0.0409. The van der Waals surface area contributed by atoms with E-state index in [-0.39, 0.29) is 18.1 Å². The number of amides is 1. The number of hydrogen-bond donors (Lipinski definition) is 3. The molecule has 6 nitrogen and oxygen atoms in total. The van der Waals surface area contributed by atoms with Gasteiger partial charge in [-0.3, -0.25) is 9.59 Å². The minimum atomic E-state index is -0.591. The van der Waals surface area contributed by atoms with E-state index < -0.39 is 17.0 Å². The lowest BCUT2D eigenvalue weighted by Crippen LogP contribution is -2.50. The number of carbonyl (C=O) groups is 1. The summed E-state index contributed by atoms with van der Waals surface area (Å²) in [6.07, 6.45) is 3.43. The second-order valence-corrected chi connectivity index (χ2v) is 6.17. The van der Waals surface area contributed by atoms with Crippen molar-refractivity contribution in [3.05, 3.63) is 27.4 Å². The smallest absolute Gasteiger partial charge is 0.264 e. The largest absolute Gasteiger partial charge is 0.394 e. The van der Waals surface area contributed by atoms with Gasteiger partial charge >= 0.3 is 0 Å². The number of carbonyl (C=O) groups excluding carboxylic acids is 1. The summed E-state index contributed by atoms with van der Waals surface area (Å²) < 4.78 is 0. The number of H-pyrrole nitrogens is 1. The minimum Gasteiger partial charge on any atom is -0.394 e. The van der Waals surface area contributed by atoms with Crippen LogP contribution in [0.2, 0.25) is 0 Å². The van der Waals surface area contributed by atoms with Gasteiger partial charge in [0.25, 0.3) is 11.5 Å². The topological polar surface area (TPSA) is 95.1 Å². The maximum Gasteiger partial charge on any atom is 0.264 e. The van der Waals surface area contributed by atoms with Crippen LogP contribution in [0, 0.1) is 6.92 Å². The molecule has 1 aromatic rings. The van der Waals surface area contributed by atoms with Gasteiger partial charge in [0.2, 0.25) is 0 Å². The summed E-state index contributed by atoms with van der Waals surface area (Å²) in [4.78, 5) is 31.5. The van der Waals surface area contributed by atoms with E-state index in [9.17, 15) is 14.7 Å². The molecule has 1 aliphatic rings. The lowest BCUT2D eigenvalue weighted by Gasteiger charge is -2.28. The van der Waals surface area contributed by atoms with E-state index in [2.05, 4.69) is 15.3 Å². The number of aliphatic hydroxyl groups is 1. The Balaban J connectivity index is 2.29. The number of aliphatic hydroxyl groups excluding tert-OH is 1. The molecule has 0 unspecified atom stereocenters. The van der Waals surface area contributed by atoms with Crippen molar-refractivity contribution in [1.29, 1.82) is 0 Å². The number of aromatic nitrogens is 2. The molecule has 0 spiro atoms. The fourth-order valence-electron chi connectivity index (χ4n) is 2.83. The van der Waals surface area contributed by atoms with E-state index in [4.69, 9.17) is 0 Å². The molecule has 1 saturated carbocycles. The van der Waals surface area contributed by atoms with E-state index in [0.29, 0.717) is 11.5 Å². The van der Waals surface area contributed by atoms with Crippen LogP contribution in [0.5, 0.6) is 0 Å². The van der Waals surface area contributed by atoms with Crippen molar-refractivity contribution < 1.29 is 9.90 Å². The number of aromatic amines is 1. The first-order chi connectivity index (χ1) is 9.88. The van der Waals surface area contributed by atoms with Crippen LogP contribution in [0.3, 0.4) is 0 Å². The van der Waals surface area contributed by atoms with E-state index in [1.807, 2.05) is 13.8 Å². The molecule has 1 fully saturated rings. The van der Waals surface area contributed by atoms with Crippen LogP contribution in [0.25, 0.3) is 0 Å². The van der Waals surface area contributed by atoms with Gasteiger partial charge in [-0.25, -0.2) is 4.98 Å². The molecule has 0 aliphatic heterocycles. The Morgan fingerprint density at radius 1 is 1.43 bits per heavy atom. The number of aryl methyl sites for hydroxylation is 1. The first kappa shape index (κ1) is 15.7. The van der Waals surface area contributed by atoms with Gasteiger partial charge in [0.1, 0.15) is 11.4 Å². The quantitative estimate of drug-likeness (QED) is 0.778. The molecule has 116 valence electrons. The third kappa shape index (κ3) is 3.15. The fourth-order valence-corrected chi connectivity index (χ4v) is 2.83. The molecule has 0 aromatic carbocycles. The predicted molar refractivity (Wildman–Crippen MR) is 79.4 cm³/mol. The zero-order valence-corrected chi connectivity index (χ0v) is 12.8. The molecule has 3 N–H and O–H groups in total. The normalized spacial score (nSPS) is 17.2. The van der Waals surface area contributed by atoms with Crippen molar-refractivity contribution in [2.24, 2.45) is 0 Å². The molecule has 0 atom stereocenters. The summed E-state index contributed by atoms with van der Waals surface area (Å²) in [5.74, 6) is 0.214. The summed E-state index contributed by atoms with van der Waals surface area (Å²) in [6.45, 7) is 5.41. The van der Waals surface area contributed by atoms with Crippen molar-refractivity contribution in [3.8, 4) is 0 Å². The molecular weight excluding hydrogens is 270 g/mol. The van der Waals surface area contributed by atoms with Gasteiger partial charge in [-0.05, 0) is 19.8 Å². The highest BCUT2D eigenvalue weighted by Crippen LogP contribution is 2.29. The van der Waals surface area contributed by atoms with Gasteiger partial charge in [-0.1, -0.05) is 26.7 Å². The summed E-state index contributed by atoms with van der Waals surface area (Å²) in [5.41, 5.74) is -0.549. The average molecular weight is 293 g/mol. The maximum absolute atomic E-state index is 12.4. The molecule has 1 aromatic heterocycles. The standard InChI is InChI=1S/C15H23N3O3/c1-9(2)12-16-10(3)11(13(20)17-12)14(21)18-15(8-19)6-4-5-7-15/h9,19H,4-8H2,1-3H3,(H,18,21)(H,16,17,20). The molecule has 1 heterocycles. The van der Waals surface area contributed by atoms with Gasteiger partial charge in [0.05, 0.1) is 17.8 Å². The Morgan fingerprint density at radius 3 is 2.52 bits per heavy atom. The Morgan fingerprint density at radius 2 is 2.05 bits per heavy atom. The lowest BCUT2D eigenvalue weighted by atomic mass is 9.98. The second-order valence-electron chi connectivity index (χ2n) is 6.17. The van der Waals surface area contributed by atoms with Crippen LogP contribution < -0.4 is 10.9 Å². The Labute approximate surface area is 124 Å². The number of nitrogens with one attached hydrogen (secondary N) is 2. The zero-order chi connectivity index (χ0) is 15.6. The summed E-state index contributed by atoms with van der Waals surface area (Å²) in [7, 11) is 0. The predicted octanol–water partition coefficient (Wildman–Crippen LogP) is 1.24. The van der Waals surface area contributed by atoms with Gasteiger partial charge < -0.3 is 15.4 Å². The van der Waals surface area contributed by atoms with Gasteiger partial charge in [-0.2, -0.15) is 0 Å². The van der Waals surface area contributed by atoms with E-state index in [0.717, 1.165) is 25.7 Å². The molecule has 1 aliphatic carbocycles. The number of hydrogen-bond acceptors (Lipinski definition) is 4. The van der Waals surface area contributed by atoms with Crippen LogP contribution in [0.4, 0.5) is 0 Å². The molecule has 0 radical (unpaired) electrons. The maximum atomic E-state index is 12.4. The van der Waals surface area contributed by atoms with Crippen LogP contribution in [0.1, 0.15) is 67.3 Å². The highest BCUT2D eigenvalue weighted by atomic mass is 16.3. The van der Waals surface area contributed by atoms with Crippen LogP contribution in [-0.4, -0.2) is 33.1 Å². The Kier molecular flexibility index (Phi) is 4.46. The van der Waals surface area contributed by atoms with E-state index in [1.54, 1.807) is 6.92 Å². The third-order valence-corrected chi connectivity index (χ3v) is 4.13. The zero-order valence-electron chi connectivity index (χ0n) is 12.8. The number of nitrogens with zero attached hydrogens (tertiary/aromatic N) is 1. The molecule has 2 rings (SSSR count). The van der Waals surface area contributed by atoms with Gasteiger partial charge in [0, 0.05) is 5.92 Å². The van der Waals surface area contributed by atoms with E-state index >= 15 is 0 Å². The van der Waals surface area contributed by atoms with Gasteiger partial charge in [0.15, 0.2) is 0 Å². The van der Waals surface area contributed by atoms with Gasteiger partial charge in [-0.15, -0.1) is 0 Å². The van der Waals surface area contributed by atoms with Crippen molar-refractivity contribution in [2.45, 2.75) is 57.9 Å². The first-order valence-electron chi connectivity index (χ1n) is 7.43. The molecule has 21 heavy (non-hydrogen) atoms. The first-order valence-corrected chi connectivity index (χ1v) is 7.43. The van der Waals surface area contributed by atoms with Crippen molar-refractivity contribution in [1.82, 2.24) is 15.3 Å². The summed E-state index contributed by atoms with van der Waals surface area (Å²) in [6, 6.07) is 0. The second kappa shape index (κ2) is 5.97. The third-order valence-electron chi connectivity index (χ3n) is 4.13. The average Bonchev–Trinajstić information content (AvgIpc) is 2.86. The van der Waals surface area contributed by atoms with Crippen molar-refractivity contribution >= 4 is 5.91 Å². The Hall–Kier alpha value is -1.69. The summed E-state index contributed by atoms with van der Waals surface area (Å²) in [5, 5.41) is 12.4. The molecule has 0 bridgehead atoms. The lowest BCUT2D eigenvalue weighted by molar-refractivity contribution is 0.0835. The summed E-state index contributed by atoms with van der Waals surface area (Å²) >= 11 is 0. The van der Waals surface area contributed by atoms with Crippen LogP contribution >= 0.6 is 0 Å². The van der Waals surface area contributed by atoms with Crippen molar-refractivity contribution in [3.63, 3.8) is 0 Å². The number of rotatable bonds is 4. The molecule has 6 heteroatoms. The SMILES string of the molecule is Cc1nc(C(C)C)[nH]c(=O)c1C(=O)NC1(CO)CCCC1.